The number of likely N-dealkylation sites (N-methyl/N-ethyl adjacent to an activating group) is 1. The molecule has 0 spiro atoms. The Labute approximate surface area is 105 Å². The first-order valence-corrected chi connectivity index (χ1v) is 5.47. The number of carbonyl (C=O) groups is 2. The van der Waals surface area contributed by atoms with Crippen LogP contribution in [0.4, 0.5) is 5.69 Å². The number of para-hydroxylation sites is 1. The average Bonchev–Trinajstić information content (AvgIpc) is 2.32. The van der Waals surface area contributed by atoms with Gasteiger partial charge in [-0.2, -0.15) is 0 Å². The monoisotopic (exact) mass is 255 g/mol. The zero-order valence-corrected chi connectivity index (χ0v) is 10.2. The minimum Gasteiger partial charge on any atom is -0.358 e. The highest BCUT2D eigenvalue weighted by atomic mass is 35.5. The molecule has 6 heteroatoms. The lowest BCUT2D eigenvalue weighted by Gasteiger charge is -2.07. The van der Waals surface area contributed by atoms with E-state index in [1.54, 1.807) is 24.3 Å². The van der Waals surface area contributed by atoms with Gasteiger partial charge in [0, 0.05) is 7.05 Å². The van der Waals surface area contributed by atoms with Crippen LogP contribution in [0.1, 0.15) is 0 Å². The van der Waals surface area contributed by atoms with Gasteiger partial charge >= 0.3 is 0 Å². The van der Waals surface area contributed by atoms with Crippen molar-refractivity contribution >= 4 is 29.1 Å². The van der Waals surface area contributed by atoms with Crippen LogP contribution in [0.15, 0.2) is 24.3 Å². The molecule has 0 radical (unpaired) electrons. The summed E-state index contributed by atoms with van der Waals surface area (Å²) in [5, 5.41) is 8.27. The molecule has 0 aliphatic carbocycles. The van der Waals surface area contributed by atoms with Gasteiger partial charge in [0.05, 0.1) is 23.8 Å². The lowest BCUT2D eigenvalue weighted by molar-refractivity contribution is -0.119. The van der Waals surface area contributed by atoms with Crippen molar-refractivity contribution in [3.63, 3.8) is 0 Å². The quantitative estimate of drug-likeness (QED) is 0.722. The van der Waals surface area contributed by atoms with E-state index in [-0.39, 0.29) is 24.9 Å². The van der Waals surface area contributed by atoms with Crippen LogP contribution >= 0.6 is 11.6 Å². The number of nitrogens with one attached hydrogen (secondary N) is 3. The average molecular weight is 256 g/mol. The highest BCUT2D eigenvalue weighted by molar-refractivity contribution is 6.33. The smallest absolute Gasteiger partial charge is 0.238 e. The molecule has 1 rings (SSSR count). The van der Waals surface area contributed by atoms with Crippen LogP contribution in [0, 0.1) is 0 Å². The van der Waals surface area contributed by atoms with E-state index >= 15 is 0 Å². The molecular formula is C11H14ClN3O2. The zero-order chi connectivity index (χ0) is 12.7. The van der Waals surface area contributed by atoms with Crippen molar-refractivity contribution < 1.29 is 9.59 Å². The van der Waals surface area contributed by atoms with Crippen molar-refractivity contribution in [1.29, 1.82) is 0 Å². The van der Waals surface area contributed by atoms with E-state index in [1.165, 1.54) is 7.05 Å². The number of hydrogen-bond acceptors (Lipinski definition) is 3. The van der Waals surface area contributed by atoms with Crippen molar-refractivity contribution in [2.75, 3.05) is 25.5 Å². The van der Waals surface area contributed by atoms with Crippen LogP contribution < -0.4 is 16.0 Å². The predicted octanol–water partition coefficient (Wildman–Crippen LogP) is 0.614. The fourth-order valence-electron chi connectivity index (χ4n) is 1.13. The maximum atomic E-state index is 11.5. The second-order valence-electron chi connectivity index (χ2n) is 3.30. The molecule has 3 N–H and O–H groups in total. The molecule has 0 saturated carbocycles. The molecule has 0 unspecified atom stereocenters. The van der Waals surface area contributed by atoms with Crippen molar-refractivity contribution in [3.8, 4) is 0 Å². The minimum atomic E-state index is -0.248. The Balaban J connectivity index is 2.35. The van der Waals surface area contributed by atoms with Gasteiger partial charge in [-0.3, -0.25) is 14.9 Å². The molecule has 2 amide bonds. The number of carbonyl (C=O) groups excluding carboxylic acids is 2. The summed E-state index contributed by atoms with van der Waals surface area (Å²) >= 11 is 5.88. The van der Waals surface area contributed by atoms with Gasteiger partial charge in [0.1, 0.15) is 0 Å². The predicted molar refractivity (Wildman–Crippen MR) is 67.0 cm³/mol. The summed E-state index contributed by atoms with van der Waals surface area (Å²) in [5.74, 6) is -0.419. The van der Waals surface area contributed by atoms with E-state index in [2.05, 4.69) is 16.0 Å². The largest absolute Gasteiger partial charge is 0.358 e. The summed E-state index contributed by atoms with van der Waals surface area (Å²) in [7, 11) is 1.54. The summed E-state index contributed by atoms with van der Waals surface area (Å²) in [4.78, 5) is 22.3. The van der Waals surface area contributed by atoms with E-state index in [4.69, 9.17) is 11.6 Å². The van der Waals surface area contributed by atoms with Crippen LogP contribution in [0.3, 0.4) is 0 Å². The summed E-state index contributed by atoms with van der Waals surface area (Å²) in [6, 6.07) is 6.95. The molecule has 92 valence electrons. The van der Waals surface area contributed by atoms with E-state index < -0.39 is 0 Å². The van der Waals surface area contributed by atoms with E-state index in [0.29, 0.717) is 10.7 Å². The molecule has 5 nitrogen and oxygen atoms in total. The lowest BCUT2D eigenvalue weighted by Crippen LogP contribution is -2.36. The van der Waals surface area contributed by atoms with Crippen LogP contribution in [0.5, 0.6) is 0 Å². The van der Waals surface area contributed by atoms with Gasteiger partial charge in [-0.25, -0.2) is 0 Å². The molecule has 0 atom stereocenters. The molecular weight excluding hydrogens is 242 g/mol. The Morgan fingerprint density at radius 1 is 1.18 bits per heavy atom. The van der Waals surface area contributed by atoms with Crippen molar-refractivity contribution in [2.24, 2.45) is 0 Å². The summed E-state index contributed by atoms with van der Waals surface area (Å²) in [6.07, 6.45) is 0. The Morgan fingerprint density at radius 3 is 2.47 bits per heavy atom. The third kappa shape index (κ3) is 4.84. The molecule has 0 saturated heterocycles. The van der Waals surface area contributed by atoms with Crippen molar-refractivity contribution in [3.05, 3.63) is 29.3 Å². The number of anilines is 1. The van der Waals surface area contributed by atoms with Gasteiger partial charge in [0.2, 0.25) is 11.8 Å². The summed E-state index contributed by atoms with van der Waals surface area (Å²) in [6.45, 7) is 0.158. The maximum absolute atomic E-state index is 11.5. The third-order valence-electron chi connectivity index (χ3n) is 2.00. The van der Waals surface area contributed by atoms with Gasteiger partial charge in [0.15, 0.2) is 0 Å². The fourth-order valence-corrected chi connectivity index (χ4v) is 1.32. The molecule has 0 aromatic heterocycles. The van der Waals surface area contributed by atoms with Crippen LogP contribution in [0.25, 0.3) is 0 Å². The highest BCUT2D eigenvalue weighted by Gasteiger charge is 2.05. The van der Waals surface area contributed by atoms with Crippen molar-refractivity contribution in [1.82, 2.24) is 10.6 Å². The molecule has 0 fully saturated rings. The van der Waals surface area contributed by atoms with Crippen molar-refractivity contribution in [2.45, 2.75) is 0 Å². The SMILES string of the molecule is CNC(=O)CNCC(=O)Nc1ccccc1Cl. The van der Waals surface area contributed by atoms with Gasteiger partial charge in [-0.15, -0.1) is 0 Å². The Bertz CT molecular complexity index is 409. The van der Waals surface area contributed by atoms with Crippen LogP contribution in [-0.4, -0.2) is 32.0 Å². The van der Waals surface area contributed by atoms with Crippen LogP contribution in [-0.2, 0) is 9.59 Å². The number of benzene rings is 1. The maximum Gasteiger partial charge on any atom is 0.238 e. The summed E-state index contributed by atoms with van der Waals surface area (Å²) < 4.78 is 0. The van der Waals surface area contributed by atoms with Crippen LogP contribution in [0.2, 0.25) is 5.02 Å². The molecule has 0 aliphatic heterocycles. The number of halogens is 1. The van der Waals surface area contributed by atoms with Gasteiger partial charge in [0.25, 0.3) is 0 Å². The van der Waals surface area contributed by atoms with Gasteiger partial charge < -0.3 is 10.6 Å². The molecule has 0 bridgehead atoms. The second kappa shape index (κ2) is 6.88. The number of rotatable bonds is 5. The normalized spacial score (nSPS) is 9.76. The van der Waals surface area contributed by atoms with Gasteiger partial charge in [-0.1, -0.05) is 23.7 Å². The molecule has 1 aromatic rings. The Kier molecular flexibility index (Phi) is 5.45. The second-order valence-corrected chi connectivity index (χ2v) is 3.71. The highest BCUT2D eigenvalue weighted by Crippen LogP contribution is 2.19. The molecule has 17 heavy (non-hydrogen) atoms. The molecule has 0 heterocycles. The first-order chi connectivity index (χ1) is 8.13. The molecule has 1 aromatic carbocycles. The lowest BCUT2D eigenvalue weighted by atomic mass is 10.3. The standard InChI is InChI=1S/C11H14ClN3O2/c1-13-10(16)6-14-7-11(17)15-9-5-3-2-4-8(9)12/h2-5,14H,6-7H2,1H3,(H,13,16)(H,15,17). The van der Waals surface area contributed by atoms with Gasteiger partial charge in [-0.05, 0) is 12.1 Å². The fraction of sp³-hybridized carbons (Fsp3) is 0.273. The molecule has 0 aliphatic rings. The topological polar surface area (TPSA) is 70.2 Å². The first-order valence-electron chi connectivity index (χ1n) is 5.09. The Hall–Kier alpha value is -1.59. The first kappa shape index (κ1) is 13.5. The van der Waals surface area contributed by atoms with E-state index in [1.807, 2.05) is 0 Å². The minimum absolute atomic E-state index is 0.0542. The number of amides is 2. The van der Waals surface area contributed by atoms with E-state index in [9.17, 15) is 9.59 Å². The number of hydrogen-bond donors (Lipinski definition) is 3. The Morgan fingerprint density at radius 2 is 1.82 bits per heavy atom. The summed E-state index contributed by atoms with van der Waals surface area (Å²) in [5.41, 5.74) is 0.556. The van der Waals surface area contributed by atoms with E-state index in [0.717, 1.165) is 0 Å². The zero-order valence-electron chi connectivity index (χ0n) is 9.42. The third-order valence-corrected chi connectivity index (χ3v) is 2.33.